The van der Waals surface area contributed by atoms with E-state index in [9.17, 15) is 0 Å². The maximum atomic E-state index is 8.91. The van der Waals surface area contributed by atoms with Crippen molar-refractivity contribution in [1.29, 1.82) is 0 Å². The predicted molar refractivity (Wildman–Crippen MR) is 58.3 cm³/mol. The predicted octanol–water partition coefficient (Wildman–Crippen LogP) is 2.50. The molecule has 0 atom stereocenters. The van der Waals surface area contributed by atoms with Crippen LogP contribution in [0.25, 0.3) is 0 Å². The van der Waals surface area contributed by atoms with E-state index in [0.717, 1.165) is 16.7 Å². The van der Waals surface area contributed by atoms with Crippen molar-refractivity contribution in [1.82, 2.24) is 0 Å². The number of halogens is 1. The van der Waals surface area contributed by atoms with Crippen LogP contribution in [0.5, 0.6) is 5.75 Å². The Bertz CT molecular complexity index is 335. The summed E-state index contributed by atoms with van der Waals surface area (Å²) in [4.78, 5) is 0. The molecule has 1 aromatic rings. The molecular weight excluding hydrogens is 200 g/mol. The van der Waals surface area contributed by atoms with Crippen LogP contribution in [0.1, 0.15) is 16.7 Å². The molecule has 14 heavy (non-hydrogen) atoms. The second-order valence-corrected chi connectivity index (χ2v) is 3.66. The number of hydrogen-bond donors (Lipinski definition) is 1. The molecular formula is C11H15ClO2. The lowest BCUT2D eigenvalue weighted by Gasteiger charge is -2.13. The van der Waals surface area contributed by atoms with E-state index in [1.54, 1.807) is 7.11 Å². The average Bonchev–Trinajstić information content (AvgIpc) is 2.18. The topological polar surface area (TPSA) is 29.5 Å². The number of hydrogen-bond acceptors (Lipinski definition) is 2. The van der Waals surface area contributed by atoms with Gasteiger partial charge in [-0.15, -0.1) is 0 Å². The molecule has 0 heterocycles. The van der Waals surface area contributed by atoms with Crippen LogP contribution in [0.4, 0.5) is 0 Å². The highest BCUT2D eigenvalue weighted by molar-refractivity contribution is 6.33. The zero-order chi connectivity index (χ0) is 10.7. The van der Waals surface area contributed by atoms with Crippen LogP contribution in [0, 0.1) is 13.8 Å². The van der Waals surface area contributed by atoms with Gasteiger partial charge in [0.1, 0.15) is 5.75 Å². The van der Waals surface area contributed by atoms with Gasteiger partial charge in [0.05, 0.1) is 12.1 Å². The molecule has 0 spiro atoms. The minimum absolute atomic E-state index is 0.143. The maximum Gasteiger partial charge on any atom is 0.138 e. The SMILES string of the molecule is COc1cc(C)c(CCO)c(C)c1Cl. The van der Waals surface area contributed by atoms with Gasteiger partial charge in [-0.2, -0.15) is 0 Å². The maximum absolute atomic E-state index is 8.91. The number of benzene rings is 1. The quantitative estimate of drug-likeness (QED) is 0.838. The van der Waals surface area contributed by atoms with E-state index in [1.807, 2.05) is 19.9 Å². The number of aryl methyl sites for hydroxylation is 1. The van der Waals surface area contributed by atoms with Crippen molar-refractivity contribution in [2.24, 2.45) is 0 Å². The lowest BCUT2D eigenvalue weighted by molar-refractivity contribution is 0.299. The molecule has 1 aromatic carbocycles. The largest absolute Gasteiger partial charge is 0.495 e. The van der Waals surface area contributed by atoms with Gasteiger partial charge in [0.15, 0.2) is 0 Å². The Hall–Kier alpha value is -0.730. The number of aliphatic hydroxyl groups is 1. The Morgan fingerprint density at radius 1 is 1.43 bits per heavy atom. The van der Waals surface area contributed by atoms with Crippen molar-refractivity contribution in [2.75, 3.05) is 13.7 Å². The fraction of sp³-hybridized carbons (Fsp3) is 0.455. The first-order chi connectivity index (χ1) is 6.61. The minimum Gasteiger partial charge on any atom is -0.495 e. The molecule has 1 rings (SSSR count). The molecule has 0 aliphatic rings. The molecule has 1 N–H and O–H groups in total. The smallest absolute Gasteiger partial charge is 0.138 e. The number of ether oxygens (including phenoxy) is 1. The van der Waals surface area contributed by atoms with Crippen LogP contribution < -0.4 is 4.74 Å². The van der Waals surface area contributed by atoms with Crippen LogP contribution in [0.15, 0.2) is 6.07 Å². The summed E-state index contributed by atoms with van der Waals surface area (Å²) in [6, 6.07) is 1.90. The summed E-state index contributed by atoms with van der Waals surface area (Å²) in [7, 11) is 1.60. The first kappa shape index (κ1) is 11.3. The lowest BCUT2D eigenvalue weighted by Crippen LogP contribution is -2.00. The zero-order valence-electron chi connectivity index (χ0n) is 8.72. The molecule has 0 aliphatic heterocycles. The number of aliphatic hydroxyl groups excluding tert-OH is 1. The summed E-state index contributed by atoms with van der Waals surface area (Å²) >= 11 is 6.10. The summed E-state index contributed by atoms with van der Waals surface area (Å²) in [5, 5.41) is 9.55. The second-order valence-electron chi connectivity index (χ2n) is 3.29. The summed E-state index contributed by atoms with van der Waals surface area (Å²) < 4.78 is 5.15. The van der Waals surface area contributed by atoms with Gasteiger partial charge in [-0.05, 0) is 43.0 Å². The fourth-order valence-electron chi connectivity index (χ4n) is 1.61. The average molecular weight is 215 g/mol. The van der Waals surface area contributed by atoms with Crippen molar-refractivity contribution >= 4 is 11.6 Å². The van der Waals surface area contributed by atoms with Crippen LogP contribution >= 0.6 is 11.6 Å². The molecule has 0 bridgehead atoms. The molecule has 0 saturated heterocycles. The molecule has 0 radical (unpaired) electrons. The monoisotopic (exact) mass is 214 g/mol. The Balaban J connectivity index is 3.26. The summed E-state index contributed by atoms with van der Waals surface area (Å²) in [6.45, 7) is 4.09. The van der Waals surface area contributed by atoms with E-state index in [0.29, 0.717) is 17.2 Å². The highest BCUT2D eigenvalue weighted by Crippen LogP contribution is 2.32. The van der Waals surface area contributed by atoms with E-state index in [2.05, 4.69) is 0 Å². The first-order valence-corrected chi connectivity index (χ1v) is 4.93. The van der Waals surface area contributed by atoms with Crippen molar-refractivity contribution in [3.63, 3.8) is 0 Å². The van der Waals surface area contributed by atoms with E-state index in [4.69, 9.17) is 21.4 Å². The fourth-order valence-corrected chi connectivity index (χ4v) is 1.85. The molecule has 0 fully saturated rings. The van der Waals surface area contributed by atoms with E-state index < -0.39 is 0 Å². The lowest BCUT2D eigenvalue weighted by atomic mass is 10.00. The molecule has 0 unspecified atom stereocenters. The third kappa shape index (κ3) is 2.02. The van der Waals surface area contributed by atoms with Crippen molar-refractivity contribution in [3.05, 3.63) is 27.8 Å². The van der Waals surface area contributed by atoms with Gasteiger partial charge >= 0.3 is 0 Å². The molecule has 0 aromatic heterocycles. The third-order valence-electron chi connectivity index (χ3n) is 2.40. The zero-order valence-corrected chi connectivity index (χ0v) is 9.48. The van der Waals surface area contributed by atoms with Gasteiger partial charge in [-0.3, -0.25) is 0 Å². The Kier molecular flexibility index (Phi) is 3.78. The van der Waals surface area contributed by atoms with E-state index in [1.165, 1.54) is 0 Å². The third-order valence-corrected chi connectivity index (χ3v) is 2.87. The minimum atomic E-state index is 0.143. The van der Waals surface area contributed by atoms with Crippen molar-refractivity contribution < 1.29 is 9.84 Å². The Labute approximate surface area is 89.5 Å². The van der Waals surface area contributed by atoms with Crippen LogP contribution in [0.3, 0.4) is 0 Å². The van der Waals surface area contributed by atoms with Gasteiger partial charge in [0, 0.05) is 6.61 Å². The molecule has 3 heteroatoms. The summed E-state index contributed by atoms with van der Waals surface area (Å²) in [6.07, 6.45) is 0.640. The highest BCUT2D eigenvalue weighted by atomic mass is 35.5. The van der Waals surface area contributed by atoms with Crippen molar-refractivity contribution in [3.8, 4) is 5.75 Å². The standard InChI is InChI=1S/C11H15ClO2/c1-7-6-10(14-3)11(12)8(2)9(7)4-5-13/h6,13H,4-5H2,1-3H3. The Morgan fingerprint density at radius 3 is 2.57 bits per heavy atom. The first-order valence-electron chi connectivity index (χ1n) is 4.55. The summed E-state index contributed by atoms with van der Waals surface area (Å²) in [5.41, 5.74) is 3.22. The number of rotatable bonds is 3. The van der Waals surface area contributed by atoms with Gasteiger partial charge < -0.3 is 9.84 Å². The van der Waals surface area contributed by atoms with Gasteiger partial charge in [-0.1, -0.05) is 11.6 Å². The molecule has 0 aliphatic carbocycles. The highest BCUT2D eigenvalue weighted by Gasteiger charge is 2.11. The summed E-state index contributed by atoms with van der Waals surface area (Å²) in [5.74, 6) is 0.698. The van der Waals surface area contributed by atoms with Gasteiger partial charge in [-0.25, -0.2) is 0 Å². The molecule has 78 valence electrons. The van der Waals surface area contributed by atoms with E-state index in [-0.39, 0.29) is 6.61 Å². The van der Waals surface area contributed by atoms with Crippen LogP contribution in [0.2, 0.25) is 5.02 Å². The molecule has 0 amide bonds. The van der Waals surface area contributed by atoms with Crippen LogP contribution in [-0.4, -0.2) is 18.8 Å². The normalized spacial score (nSPS) is 10.4. The number of methoxy groups -OCH3 is 1. The van der Waals surface area contributed by atoms with Crippen molar-refractivity contribution in [2.45, 2.75) is 20.3 Å². The van der Waals surface area contributed by atoms with Crippen LogP contribution in [-0.2, 0) is 6.42 Å². The second kappa shape index (κ2) is 4.67. The molecule has 2 nitrogen and oxygen atoms in total. The Morgan fingerprint density at radius 2 is 2.07 bits per heavy atom. The van der Waals surface area contributed by atoms with Gasteiger partial charge in [0.2, 0.25) is 0 Å². The van der Waals surface area contributed by atoms with E-state index >= 15 is 0 Å². The molecule has 0 saturated carbocycles. The van der Waals surface area contributed by atoms with Gasteiger partial charge in [0.25, 0.3) is 0 Å².